The number of anilines is 2. The van der Waals surface area contributed by atoms with Gasteiger partial charge in [0.05, 0.1) is 17.4 Å². The van der Waals surface area contributed by atoms with Gasteiger partial charge in [-0.1, -0.05) is 6.07 Å². The number of carbonyl (C=O) groups excluding carboxylic acids is 1. The summed E-state index contributed by atoms with van der Waals surface area (Å²) in [6.45, 7) is 5.96. The lowest BCUT2D eigenvalue weighted by molar-refractivity contribution is -0.137. The molecule has 4 nitrogen and oxygen atoms in total. The lowest BCUT2D eigenvalue weighted by Gasteiger charge is -2.21. The molecule has 2 N–H and O–H groups in total. The van der Waals surface area contributed by atoms with Crippen LogP contribution in [0, 0.1) is 0 Å². The molecule has 1 aromatic carbocycles. The molecule has 1 aromatic heterocycles. The number of halogens is 3. The summed E-state index contributed by atoms with van der Waals surface area (Å²) in [5.41, 5.74) is -0.0415. The molecule has 0 saturated heterocycles. The molecule has 0 fully saturated rings. The molecule has 0 aliphatic heterocycles. The average Bonchev–Trinajstić information content (AvgIpc) is 2.45. The van der Waals surface area contributed by atoms with E-state index >= 15 is 0 Å². The van der Waals surface area contributed by atoms with Crippen LogP contribution in [0.25, 0.3) is 0 Å². The van der Waals surface area contributed by atoms with Crippen molar-refractivity contribution in [3.05, 3.63) is 53.9 Å². The fourth-order valence-electron chi connectivity index (χ4n) is 2.00. The van der Waals surface area contributed by atoms with Crippen LogP contribution in [0.3, 0.4) is 0 Å². The maximum absolute atomic E-state index is 12.7. The second kappa shape index (κ2) is 6.51. The van der Waals surface area contributed by atoms with E-state index in [1.54, 1.807) is 6.07 Å². The molecule has 1 heterocycles. The van der Waals surface area contributed by atoms with Gasteiger partial charge in [-0.15, -0.1) is 0 Å². The van der Waals surface area contributed by atoms with Crippen LogP contribution in [-0.4, -0.2) is 16.4 Å². The van der Waals surface area contributed by atoms with Crippen molar-refractivity contribution in [1.29, 1.82) is 0 Å². The monoisotopic (exact) mass is 337 g/mol. The van der Waals surface area contributed by atoms with Crippen molar-refractivity contribution in [3.8, 4) is 0 Å². The predicted octanol–water partition coefficient (Wildman–Crippen LogP) is 4.56. The van der Waals surface area contributed by atoms with E-state index in [2.05, 4.69) is 15.6 Å². The highest BCUT2D eigenvalue weighted by Crippen LogP contribution is 2.30. The fraction of sp³-hybridized carbons (Fsp3) is 0.294. The Morgan fingerprint density at radius 2 is 1.75 bits per heavy atom. The van der Waals surface area contributed by atoms with Gasteiger partial charge in [-0.25, -0.2) is 4.98 Å². The number of amides is 1. The van der Waals surface area contributed by atoms with E-state index in [1.165, 1.54) is 24.4 Å². The Labute approximate surface area is 138 Å². The highest BCUT2D eigenvalue weighted by molar-refractivity contribution is 6.03. The maximum Gasteiger partial charge on any atom is 0.416 e. The number of nitrogens with one attached hydrogen (secondary N) is 2. The predicted molar refractivity (Wildman–Crippen MR) is 87.0 cm³/mol. The van der Waals surface area contributed by atoms with E-state index in [0.717, 1.165) is 17.8 Å². The number of nitrogens with zero attached hydrogens (tertiary/aromatic N) is 1. The third-order valence-corrected chi connectivity index (χ3v) is 2.96. The van der Waals surface area contributed by atoms with Crippen molar-refractivity contribution in [2.45, 2.75) is 32.5 Å². The largest absolute Gasteiger partial charge is 0.416 e. The second-order valence-electron chi connectivity index (χ2n) is 6.34. The first-order chi connectivity index (χ1) is 11.0. The molecule has 2 aromatic rings. The Morgan fingerprint density at radius 1 is 1.04 bits per heavy atom. The highest BCUT2D eigenvalue weighted by Gasteiger charge is 2.30. The summed E-state index contributed by atoms with van der Waals surface area (Å²) < 4.78 is 38.0. The number of rotatable bonds is 3. The van der Waals surface area contributed by atoms with Crippen molar-refractivity contribution < 1.29 is 18.0 Å². The number of carbonyl (C=O) groups is 1. The van der Waals surface area contributed by atoms with Crippen molar-refractivity contribution in [1.82, 2.24) is 4.98 Å². The Hall–Kier alpha value is -2.57. The zero-order valence-electron chi connectivity index (χ0n) is 13.5. The fourth-order valence-corrected chi connectivity index (χ4v) is 2.00. The molecular formula is C17H18F3N3O. The minimum Gasteiger partial charge on any atom is -0.379 e. The SMILES string of the molecule is CC(C)(C)Nc1ccc(C(=O)Nc2cccc(C(F)(F)F)c2)nc1. The summed E-state index contributed by atoms with van der Waals surface area (Å²) >= 11 is 0. The third-order valence-electron chi connectivity index (χ3n) is 2.96. The summed E-state index contributed by atoms with van der Waals surface area (Å²) in [6, 6.07) is 7.66. The summed E-state index contributed by atoms with van der Waals surface area (Å²) in [7, 11) is 0. The molecule has 7 heteroatoms. The van der Waals surface area contributed by atoms with Gasteiger partial charge in [-0.3, -0.25) is 4.79 Å². The molecule has 0 aliphatic carbocycles. The Balaban J connectivity index is 2.10. The lowest BCUT2D eigenvalue weighted by Crippen LogP contribution is -2.26. The topological polar surface area (TPSA) is 54.0 Å². The molecule has 0 spiro atoms. The van der Waals surface area contributed by atoms with Gasteiger partial charge in [0.25, 0.3) is 5.91 Å². The molecule has 0 bridgehead atoms. The van der Waals surface area contributed by atoms with E-state index < -0.39 is 17.6 Å². The van der Waals surface area contributed by atoms with Crippen LogP contribution in [0.5, 0.6) is 0 Å². The van der Waals surface area contributed by atoms with Crippen LogP contribution in [0.1, 0.15) is 36.8 Å². The molecule has 24 heavy (non-hydrogen) atoms. The van der Waals surface area contributed by atoms with Crippen LogP contribution in [0.2, 0.25) is 0 Å². The van der Waals surface area contributed by atoms with E-state index in [9.17, 15) is 18.0 Å². The molecule has 0 radical (unpaired) electrons. The molecule has 0 aliphatic rings. The first kappa shape index (κ1) is 17.8. The van der Waals surface area contributed by atoms with Crippen LogP contribution >= 0.6 is 0 Å². The number of hydrogen-bond donors (Lipinski definition) is 2. The molecular weight excluding hydrogens is 319 g/mol. The van der Waals surface area contributed by atoms with Crippen molar-refractivity contribution in [2.24, 2.45) is 0 Å². The summed E-state index contributed by atoms with van der Waals surface area (Å²) in [5.74, 6) is -0.573. The number of benzene rings is 1. The number of pyridine rings is 1. The van der Waals surface area contributed by atoms with Gasteiger partial charge in [-0.2, -0.15) is 13.2 Å². The normalized spacial score (nSPS) is 11.9. The van der Waals surface area contributed by atoms with Gasteiger partial charge in [-0.05, 0) is 51.1 Å². The Morgan fingerprint density at radius 3 is 2.29 bits per heavy atom. The van der Waals surface area contributed by atoms with Crippen LogP contribution in [0.4, 0.5) is 24.5 Å². The zero-order valence-corrected chi connectivity index (χ0v) is 13.5. The minimum absolute atomic E-state index is 0.0634. The lowest BCUT2D eigenvalue weighted by atomic mass is 10.1. The van der Waals surface area contributed by atoms with Crippen LogP contribution in [0.15, 0.2) is 42.6 Å². The van der Waals surface area contributed by atoms with Crippen LogP contribution in [-0.2, 0) is 6.18 Å². The van der Waals surface area contributed by atoms with Crippen LogP contribution < -0.4 is 10.6 Å². The summed E-state index contributed by atoms with van der Waals surface area (Å²) in [6.07, 6.45) is -2.95. The van der Waals surface area contributed by atoms with Crippen molar-refractivity contribution in [2.75, 3.05) is 10.6 Å². The molecule has 2 rings (SSSR count). The summed E-state index contributed by atoms with van der Waals surface area (Å²) in [5, 5.41) is 5.62. The van der Waals surface area contributed by atoms with Gasteiger partial charge in [0.2, 0.25) is 0 Å². The smallest absolute Gasteiger partial charge is 0.379 e. The molecule has 1 amide bonds. The van der Waals surface area contributed by atoms with Gasteiger partial charge in [0.15, 0.2) is 0 Å². The quantitative estimate of drug-likeness (QED) is 0.863. The van der Waals surface area contributed by atoms with Gasteiger partial charge < -0.3 is 10.6 Å². The van der Waals surface area contributed by atoms with E-state index in [4.69, 9.17) is 0 Å². The molecule has 0 atom stereocenters. The minimum atomic E-state index is -4.46. The van der Waals surface area contributed by atoms with Gasteiger partial charge >= 0.3 is 6.18 Å². The molecule has 128 valence electrons. The van der Waals surface area contributed by atoms with Crippen molar-refractivity contribution >= 4 is 17.3 Å². The standard InChI is InChI=1S/C17H18F3N3O/c1-16(2,3)23-13-7-8-14(21-10-13)15(24)22-12-6-4-5-11(9-12)17(18,19)20/h4-10,23H,1-3H3,(H,22,24). The number of aromatic nitrogens is 1. The summed E-state index contributed by atoms with van der Waals surface area (Å²) in [4.78, 5) is 16.1. The Bertz CT molecular complexity index is 719. The van der Waals surface area contributed by atoms with E-state index in [1.807, 2.05) is 20.8 Å². The van der Waals surface area contributed by atoms with Crippen molar-refractivity contribution in [3.63, 3.8) is 0 Å². The number of alkyl halides is 3. The van der Waals surface area contributed by atoms with Gasteiger partial charge in [0.1, 0.15) is 5.69 Å². The molecule has 0 unspecified atom stereocenters. The van der Waals surface area contributed by atoms with Gasteiger partial charge in [0, 0.05) is 11.2 Å². The molecule has 0 saturated carbocycles. The van der Waals surface area contributed by atoms with E-state index in [0.29, 0.717) is 0 Å². The zero-order chi connectivity index (χ0) is 18.0. The first-order valence-corrected chi connectivity index (χ1v) is 7.27. The van der Waals surface area contributed by atoms with E-state index in [-0.39, 0.29) is 16.9 Å². The maximum atomic E-state index is 12.7. The highest BCUT2D eigenvalue weighted by atomic mass is 19.4. The Kier molecular flexibility index (Phi) is 4.82. The average molecular weight is 337 g/mol. The second-order valence-corrected chi connectivity index (χ2v) is 6.34. The number of hydrogen-bond acceptors (Lipinski definition) is 3. The first-order valence-electron chi connectivity index (χ1n) is 7.27. The third kappa shape index (κ3) is 4.97.